The van der Waals surface area contributed by atoms with Gasteiger partial charge in [-0.25, -0.2) is 13.2 Å². The van der Waals surface area contributed by atoms with Gasteiger partial charge in [0.2, 0.25) is 0 Å². The topological polar surface area (TPSA) is 84.0 Å². The van der Waals surface area contributed by atoms with Crippen LogP contribution in [0.3, 0.4) is 0 Å². The summed E-state index contributed by atoms with van der Waals surface area (Å²) in [6.45, 7) is 7.03. The van der Waals surface area contributed by atoms with Gasteiger partial charge in [-0.3, -0.25) is 9.10 Å². The molecule has 2 aliphatic rings. The van der Waals surface area contributed by atoms with Crippen LogP contribution in [0.1, 0.15) is 43.1 Å². The quantitative estimate of drug-likeness (QED) is 0.625. The number of benzene rings is 2. The molecule has 2 aromatic carbocycles. The molecule has 3 atom stereocenters. The van der Waals surface area contributed by atoms with Crippen molar-refractivity contribution in [2.75, 3.05) is 24.0 Å². The van der Waals surface area contributed by atoms with Crippen molar-refractivity contribution in [3.05, 3.63) is 59.7 Å². The normalized spacial score (nSPS) is 22.7. The van der Waals surface area contributed by atoms with Gasteiger partial charge in [0.1, 0.15) is 0 Å². The zero-order valence-electron chi connectivity index (χ0n) is 19.2. The van der Waals surface area contributed by atoms with Crippen LogP contribution in [0, 0.1) is 11.8 Å². The van der Waals surface area contributed by atoms with Crippen molar-refractivity contribution in [3.8, 4) is 0 Å². The lowest BCUT2D eigenvalue weighted by molar-refractivity contribution is -0.137. The summed E-state index contributed by atoms with van der Waals surface area (Å²) < 4.78 is 33.5. The summed E-state index contributed by atoms with van der Waals surface area (Å²) >= 11 is 0. The van der Waals surface area contributed by atoms with Crippen molar-refractivity contribution in [2.45, 2.75) is 44.6 Å². The Morgan fingerprint density at radius 2 is 1.70 bits per heavy atom. The highest BCUT2D eigenvalue weighted by Crippen LogP contribution is 2.36. The molecule has 4 rings (SSSR count). The molecular weight excluding hydrogens is 440 g/mol. The van der Waals surface area contributed by atoms with E-state index in [1.54, 1.807) is 11.0 Å². The van der Waals surface area contributed by atoms with Gasteiger partial charge in [-0.2, -0.15) is 0 Å². The number of likely N-dealkylation sites (tertiary alicyclic amines) is 1. The first-order chi connectivity index (χ1) is 15.7. The predicted octanol–water partition coefficient (Wildman–Crippen LogP) is 3.49. The van der Waals surface area contributed by atoms with E-state index >= 15 is 0 Å². The molecule has 0 unspecified atom stereocenters. The number of carbonyl (C=O) groups is 2. The number of ether oxygens (including phenoxy) is 1. The Morgan fingerprint density at radius 1 is 1.00 bits per heavy atom. The van der Waals surface area contributed by atoms with Gasteiger partial charge in [-0.15, -0.1) is 0 Å². The molecule has 0 N–H and O–H groups in total. The zero-order valence-corrected chi connectivity index (χ0v) is 20.0. The minimum absolute atomic E-state index is 0.0190. The van der Waals surface area contributed by atoms with E-state index in [9.17, 15) is 18.0 Å². The average molecular weight is 471 g/mol. The van der Waals surface area contributed by atoms with E-state index in [4.69, 9.17) is 4.74 Å². The Kier molecular flexibility index (Phi) is 6.47. The number of fused-ring (bicyclic) bond motifs is 1. The molecule has 1 amide bonds. The largest absolute Gasteiger partial charge is 0.452 e. The Morgan fingerprint density at radius 3 is 2.42 bits per heavy atom. The second kappa shape index (κ2) is 9.17. The molecule has 0 saturated carbocycles. The molecule has 1 saturated heterocycles. The van der Waals surface area contributed by atoms with Crippen molar-refractivity contribution >= 4 is 27.6 Å². The minimum atomic E-state index is -3.87. The number of nitrogens with zero attached hydrogens (tertiary/aromatic N) is 2. The molecule has 0 aromatic heterocycles. The van der Waals surface area contributed by atoms with Crippen molar-refractivity contribution in [1.82, 2.24) is 4.90 Å². The minimum Gasteiger partial charge on any atom is -0.452 e. The molecule has 8 heteroatoms. The lowest BCUT2D eigenvalue weighted by atomic mass is 9.92. The van der Waals surface area contributed by atoms with Crippen LogP contribution in [0.25, 0.3) is 0 Å². The third-order valence-corrected chi connectivity index (χ3v) is 8.24. The van der Waals surface area contributed by atoms with Gasteiger partial charge in [-0.05, 0) is 61.4 Å². The predicted molar refractivity (Wildman–Crippen MR) is 126 cm³/mol. The average Bonchev–Trinajstić information content (AvgIpc) is 3.13. The molecule has 0 radical (unpaired) electrons. The van der Waals surface area contributed by atoms with Gasteiger partial charge in [0.05, 0.1) is 16.1 Å². The van der Waals surface area contributed by atoms with E-state index in [-0.39, 0.29) is 29.0 Å². The molecule has 0 aliphatic carbocycles. The van der Waals surface area contributed by atoms with Crippen molar-refractivity contribution in [1.29, 1.82) is 0 Å². The van der Waals surface area contributed by atoms with Crippen molar-refractivity contribution < 1.29 is 22.7 Å². The number of para-hydroxylation sites is 1. The van der Waals surface area contributed by atoms with Crippen LogP contribution in [-0.4, -0.2) is 50.9 Å². The maximum absolute atomic E-state index is 13.4. The standard InChI is InChI=1S/C25H30N2O5S/c1-17-11-18(2)15-26(14-17)24(28)16-32-25(29)21-8-6-9-22(13-21)33(30,31)27-19(3)12-20-7-4-5-10-23(20)27/h4-10,13,17-19H,11-12,14-16H2,1-3H3/t17-,18+,19-/m0/s1. The summed E-state index contributed by atoms with van der Waals surface area (Å²) in [7, 11) is -3.87. The number of esters is 1. The van der Waals surface area contributed by atoms with Crippen LogP contribution in [0.15, 0.2) is 53.4 Å². The summed E-state index contributed by atoms with van der Waals surface area (Å²) in [5.41, 5.74) is 1.74. The van der Waals surface area contributed by atoms with E-state index < -0.39 is 16.0 Å². The number of hydrogen-bond acceptors (Lipinski definition) is 5. The van der Waals surface area contributed by atoms with Gasteiger partial charge in [0.25, 0.3) is 15.9 Å². The van der Waals surface area contributed by atoms with Gasteiger partial charge in [0, 0.05) is 19.1 Å². The van der Waals surface area contributed by atoms with Crippen LogP contribution in [0.5, 0.6) is 0 Å². The maximum Gasteiger partial charge on any atom is 0.338 e. The van der Waals surface area contributed by atoms with Crippen molar-refractivity contribution in [2.24, 2.45) is 11.8 Å². The molecule has 7 nitrogen and oxygen atoms in total. The van der Waals surface area contributed by atoms with E-state index in [0.717, 1.165) is 12.0 Å². The Labute approximate surface area is 195 Å². The number of rotatable bonds is 5. The second-order valence-corrected chi connectivity index (χ2v) is 11.1. The summed E-state index contributed by atoms with van der Waals surface area (Å²) in [6.07, 6.45) is 1.71. The summed E-state index contributed by atoms with van der Waals surface area (Å²) in [6, 6.07) is 13.0. The molecule has 2 aliphatic heterocycles. The summed E-state index contributed by atoms with van der Waals surface area (Å²) in [5.74, 6) is -0.122. The summed E-state index contributed by atoms with van der Waals surface area (Å²) in [5, 5.41) is 0. The smallest absolute Gasteiger partial charge is 0.338 e. The highest BCUT2D eigenvalue weighted by Gasteiger charge is 2.36. The highest BCUT2D eigenvalue weighted by molar-refractivity contribution is 7.92. The first-order valence-electron chi connectivity index (χ1n) is 11.3. The highest BCUT2D eigenvalue weighted by atomic mass is 32.2. The Bertz CT molecular complexity index is 1150. The monoisotopic (exact) mass is 470 g/mol. The van der Waals surface area contributed by atoms with E-state index in [2.05, 4.69) is 13.8 Å². The maximum atomic E-state index is 13.4. The van der Waals surface area contributed by atoms with Crippen LogP contribution in [0.4, 0.5) is 5.69 Å². The molecule has 2 aromatic rings. The Balaban J connectivity index is 1.47. The molecule has 1 fully saturated rings. The van der Waals surface area contributed by atoms with Gasteiger partial charge >= 0.3 is 5.97 Å². The number of piperidine rings is 1. The van der Waals surface area contributed by atoms with Crippen molar-refractivity contribution in [3.63, 3.8) is 0 Å². The Hall–Kier alpha value is -2.87. The van der Waals surface area contributed by atoms with Crippen LogP contribution >= 0.6 is 0 Å². The summed E-state index contributed by atoms with van der Waals surface area (Å²) in [4.78, 5) is 26.9. The van der Waals surface area contributed by atoms with E-state index in [1.165, 1.54) is 28.6 Å². The molecule has 0 spiro atoms. The third kappa shape index (κ3) is 4.76. The van der Waals surface area contributed by atoms with Gasteiger partial charge < -0.3 is 9.64 Å². The number of sulfonamides is 1. The van der Waals surface area contributed by atoms with Crippen LogP contribution in [0.2, 0.25) is 0 Å². The fraction of sp³-hybridized carbons (Fsp3) is 0.440. The van der Waals surface area contributed by atoms with Gasteiger partial charge in [0.15, 0.2) is 6.61 Å². The number of amides is 1. The molecule has 176 valence electrons. The lowest BCUT2D eigenvalue weighted by Crippen LogP contribution is -2.44. The van der Waals surface area contributed by atoms with Crippen LogP contribution in [-0.2, 0) is 26.0 Å². The fourth-order valence-corrected chi connectivity index (χ4v) is 6.71. The molecular formula is C25H30N2O5S. The molecule has 33 heavy (non-hydrogen) atoms. The fourth-order valence-electron chi connectivity index (χ4n) is 4.97. The first-order valence-corrected chi connectivity index (χ1v) is 12.8. The van der Waals surface area contributed by atoms with Crippen LogP contribution < -0.4 is 4.31 Å². The number of anilines is 1. The van der Waals surface area contributed by atoms with Gasteiger partial charge in [-0.1, -0.05) is 38.1 Å². The molecule has 0 bridgehead atoms. The lowest BCUT2D eigenvalue weighted by Gasteiger charge is -2.34. The van der Waals surface area contributed by atoms with E-state index in [1.807, 2.05) is 25.1 Å². The zero-order chi connectivity index (χ0) is 23.8. The third-order valence-electron chi connectivity index (χ3n) is 6.32. The number of carbonyl (C=O) groups excluding carboxylic acids is 2. The first kappa shape index (κ1) is 23.3. The number of hydrogen-bond donors (Lipinski definition) is 0. The van der Waals surface area contributed by atoms with E-state index in [0.29, 0.717) is 37.0 Å². The SMILES string of the molecule is C[C@@H]1C[C@H](C)CN(C(=O)COC(=O)c2cccc(S(=O)(=O)N3c4ccccc4C[C@@H]3C)c2)C1. The molecule has 2 heterocycles. The second-order valence-electron chi connectivity index (χ2n) is 9.33.